The average molecular weight is 410 g/mol. The summed E-state index contributed by atoms with van der Waals surface area (Å²) in [5.41, 5.74) is 0.164. The molecule has 0 aliphatic heterocycles. The number of alkyl halides is 5. The van der Waals surface area contributed by atoms with Crippen molar-refractivity contribution in [3.8, 4) is 5.75 Å². The quantitative estimate of drug-likeness (QED) is 0.335. The molecule has 8 heteroatoms. The van der Waals surface area contributed by atoms with Crippen LogP contribution in [-0.2, 0) is 11.3 Å². The predicted octanol–water partition coefficient (Wildman–Crippen LogP) is 6.65. The molecule has 1 unspecified atom stereocenters. The maximum atomic E-state index is 13.7. The Morgan fingerprint density at radius 3 is 2.36 bits per heavy atom. The summed E-state index contributed by atoms with van der Waals surface area (Å²) in [6.07, 6.45) is -2.27. The van der Waals surface area contributed by atoms with Crippen molar-refractivity contribution < 1.29 is 35.8 Å². The third-order valence-corrected chi connectivity index (χ3v) is 5.05. The van der Waals surface area contributed by atoms with Crippen LogP contribution in [0, 0.1) is 17.7 Å². The summed E-state index contributed by atoms with van der Waals surface area (Å²) in [5, 5.41) is 0. The van der Waals surface area contributed by atoms with Crippen LogP contribution in [0.3, 0.4) is 0 Å². The van der Waals surface area contributed by atoms with Crippen molar-refractivity contribution in [2.45, 2.75) is 64.0 Å². The summed E-state index contributed by atoms with van der Waals surface area (Å²) in [6.45, 7) is 3.37. The number of rotatable bonds is 9. The molecule has 0 saturated heterocycles. The second-order valence-electron chi connectivity index (χ2n) is 7.07. The van der Waals surface area contributed by atoms with Gasteiger partial charge in [0.2, 0.25) is 0 Å². The topological polar surface area (TPSA) is 18.5 Å². The Balaban J connectivity index is 1.91. The number of hydrogen-bond donors (Lipinski definition) is 0. The molecular weight excluding hydrogens is 386 g/mol. The van der Waals surface area contributed by atoms with Gasteiger partial charge in [-0.3, -0.25) is 0 Å². The van der Waals surface area contributed by atoms with Crippen molar-refractivity contribution >= 4 is 0 Å². The van der Waals surface area contributed by atoms with Gasteiger partial charge < -0.3 is 9.47 Å². The second kappa shape index (κ2) is 10.2. The zero-order chi connectivity index (χ0) is 20.7. The molecule has 0 radical (unpaired) electrons. The molecule has 0 spiro atoms. The van der Waals surface area contributed by atoms with Crippen LogP contribution in [0.25, 0.3) is 0 Å². The molecule has 28 heavy (non-hydrogen) atoms. The first kappa shape index (κ1) is 22.6. The third kappa shape index (κ3) is 7.04. The molecule has 0 bridgehead atoms. The predicted molar refractivity (Wildman–Crippen MR) is 92.5 cm³/mol. The Labute approximate surface area is 160 Å². The summed E-state index contributed by atoms with van der Waals surface area (Å²) < 4.78 is 86.0. The lowest BCUT2D eigenvalue weighted by Gasteiger charge is -2.33. The number of hydrogen-bond acceptors (Lipinski definition) is 2. The van der Waals surface area contributed by atoms with Gasteiger partial charge in [0, 0.05) is 0 Å². The molecule has 1 atom stereocenters. The molecule has 0 N–H and O–H groups in total. The summed E-state index contributed by atoms with van der Waals surface area (Å²) in [4.78, 5) is 0. The molecule has 1 aromatic carbocycles. The minimum atomic E-state index is -5.01. The maximum absolute atomic E-state index is 13.7. The van der Waals surface area contributed by atoms with Crippen LogP contribution in [0.1, 0.15) is 44.1 Å². The highest BCUT2D eigenvalue weighted by molar-refractivity contribution is 5.29. The van der Waals surface area contributed by atoms with Gasteiger partial charge in [-0.25, -0.2) is 13.2 Å². The van der Waals surface area contributed by atoms with E-state index < -0.39 is 30.5 Å². The molecule has 158 valence electrons. The first-order chi connectivity index (χ1) is 13.2. The average Bonchev–Trinajstić information content (AvgIpc) is 2.62. The fourth-order valence-corrected chi connectivity index (χ4v) is 3.61. The first-order valence-corrected chi connectivity index (χ1v) is 9.24. The van der Waals surface area contributed by atoms with Crippen LogP contribution in [0.2, 0.25) is 0 Å². The highest BCUT2D eigenvalue weighted by Crippen LogP contribution is 2.36. The van der Waals surface area contributed by atoms with Gasteiger partial charge >= 0.3 is 6.36 Å². The zero-order valence-corrected chi connectivity index (χ0v) is 15.4. The monoisotopic (exact) mass is 410 g/mol. The lowest BCUT2D eigenvalue weighted by molar-refractivity contribution is -0.275. The number of halogens is 6. The molecular formula is C20H24F6O2. The zero-order valence-electron chi connectivity index (χ0n) is 15.4. The van der Waals surface area contributed by atoms with Gasteiger partial charge in [-0.2, -0.15) is 0 Å². The lowest BCUT2D eigenvalue weighted by Crippen LogP contribution is -2.34. The van der Waals surface area contributed by atoms with E-state index in [1.54, 1.807) is 0 Å². The van der Waals surface area contributed by atoms with Crippen LogP contribution < -0.4 is 4.74 Å². The van der Waals surface area contributed by atoms with E-state index in [2.05, 4.69) is 11.3 Å². The van der Waals surface area contributed by atoms with Crippen LogP contribution in [0.15, 0.2) is 30.9 Å². The van der Waals surface area contributed by atoms with Crippen LogP contribution in [0.4, 0.5) is 26.3 Å². The number of allylic oxidation sites excluding steroid dienone is 1. The molecule has 0 aromatic heterocycles. The Hall–Kier alpha value is -1.70. The molecule has 2 rings (SSSR count). The van der Waals surface area contributed by atoms with Crippen molar-refractivity contribution in [1.82, 2.24) is 0 Å². The highest BCUT2D eigenvalue weighted by atomic mass is 19.4. The van der Waals surface area contributed by atoms with E-state index in [-0.39, 0.29) is 18.1 Å². The molecule has 0 amide bonds. The summed E-state index contributed by atoms with van der Waals surface area (Å²) in [7, 11) is 0. The van der Waals surface area contributed by atoms with E-state index in [9.17, 15) is 26.3 Å². The number of ether oxygens (including phenoxy) is 2. The van der Waals surface area contributed by atoms with Gasteiger partial charge in [-0.15, -0.1) is 19.8 Å². The lowest BCUT2D eigenvalue weighted by atomic mass is 9.77. The minimum Gasteiger partial charge on any atom is -0.403 e. The van der Waals surface area contributed by atoms with Gasteiger partial charge in [0.15, 0.2) is 11.6 Å². The summed E-state index contributed by atoms with van der Waals surface area (Å²) in [5.74, 6) is -1.99. The van der Waals surface area contributed by atoms with Crippen molar-refractivity contribution in [1.29, 1.82) is 0 Å². The smallest absolute Gasteiger partial charge is 0.403 e. The van der Waals surface area contributed by atoms with E-state index in [1.807, 2.05) is 6.08 Å². The van der Waals surface area contributed by atoms with Gasteiger partial charge in [-0.1, -0.05) is 25.0 Å². The maximum Gasteiger partial charge on any atom is 0.573 e. The van der Waals surface area contributed by atoms with E-state index in [0.29, 0.717) is 18.8 Å². The van der Waals surface area contributed by atoms with Crippen molar-refractivity contribution in [2.24, 2.45) is 11.8 Å². The summed E-state index contributed by atoms with van der Waals surface area (Å²) in [6, 6.07) is 2.78. The fraction of sp³-hybridized carbons (Fsp3) is 0.600. The van der Waals surface area contributed by atoms with Gasteiger partial charge in [0.25, 0.3) is 6.43 Å². The standard InChI is InChI=1S/C20H24F6O2/c1-2-3-4-13-5-8-15(9-6-13)18(19(22)23)27-12-14-7-10-17(16(21)11-14)28-20(24,25)26/h2,7,10-11,13,15,18-19H,1,3-6,8-9,12H2. The molecule has 0 heterocycles. The third-order valence-electron chi connectivity index (χ3n) is 5.05. The normalized spacial score (nSPS) is 21.5. The second-order valence-corrected chi connectivity index (χ2v) is 7.07. The largest absolute Gasteiger partial charge is 0.573 e. The van der Waals surface area contributed by atoms with E-state index >= 15 is 0 Å². The van der Waals surface area contributed by atoms with Crippen LogP contribution in [0.5, 0.6) is 5.75 Å². The fourth-order valence-electron chi connectivity index (χ4n) is 3.61. The molecule has 1 saturated carbocycles. The van der Waals surface area contributed by atoms with Crippen LogP contribution in [-0.4, -0.2) is 18.9 Å². The highest BCUT2D eigenvalue weighted by Gasteiger charge is 2.34. The van der Waals surface area contributed by atoms with Crippen molar-refractivity contribution in [3.63, 3.8) is 0 Å². The van der Waals surface area contributed by atoms with Crippen molar-refractivity contribution in [3.05, 3.63) is 42.2 Å². The summed E-state index contributed by atoms with van der Waals surface area (Å²) >= 11 is 0. The Bertz CT molecular complexity index is 624. The van der Waals surface area contributed by atoms with E-state index in [0.717, 1.165) is 37.8 Å². The molecule has 1 aromatic rings. The molecule has 1 fully saturated rings. The minimum absolute atomic E-state index is 0.164. The van der Waals surface area contributed by atoms with Gasteiger partial charge in [0.1, 0.15) is 6.10 Å². The molecule has 1 aliphatic carbocycles. The Morgan fingerprint density at radius 2 is 1.82 bits per heavy atom. The SMILES string of the molecule is C=CCCC1CCC(C(OCc2ccc(OC(F)(F)F)c(F)c2)C(F)F)CC1. The molecule has 1 aliphatic rings. The number of benzene rings is 1. The van der Waals surface area contributed by atoms with Gasteiger partial charge in [0.05, 0.1) is 6.61 Å². The van der Waals surface area contributed by atoms with E-state index in [1.165, 1.54) is 6.07 Å². The van der Waals surface area contributed by atoms with Crippen LogP contribution >= 0.6 is 0 Å². The van der Waals surface area contributed by atoms with Crippen molar-refractivity contribution in [2.75, 3.05) is 0 Å². The Morgan fingerprint density at radius 1 is 1.14 bits per heavy atom. The molecule has 2 nitrogen and oxygen atoms in total. The van der Waals surface area contributed by atoms with E-state index in [4.69, 9.17) is 4.74 Å². The first-order valence-electron chi connectivity index (χ1n) is 9.24. The van der Waals surface area contributed by atoms with Gasteiger partial charge in [-0.05, 0) is 55.2 Å². The Kier molecular flexibility index (Phi) is 8.22.